The molecule has 1 aromatic rings. The molecule has 0 bridgehead atoms. The number of carbonyl (C=O) groups is 1. The van der Waals surface area contributed by atoms with Crippen LogP contribution in [0.1, 0.15) is 0 Å². The molecule has 12 heteroatoms. The van der Waals surface area contributed by atoms with Crippen LogP contribution in [0.2, 0.25) is 0 Å². The zero-order valence-corrected chi connectivity index (χ0v) is 14.3. The summed E-state index contributed by atoms with van der Waals surface area (Å²) in [6.07, 6.45) is 1.10. The normalized spacial score (nSPS) is 20.4. The quantitative estimate of drug-likeness (QED) is 0.396. The first-order valence-corrected chi connectivity index (χ1v) is 7.82. The number of hydrogen-bond acceptors (Lipinski definition) is 7. The Labute approximate surface area is 145 Å². The Morgan fingerprint density at radius 3 is 2.48 bits per heavy atom. The Kier molecular flexibility index (Phi) is 4.68. The lowest BCUT2D eigenvalue weighted by molar-refractivity contribution is -0.393. The number of nitrogens with zero attached hydrogens (tertiary/aromatic N) is 3. The molecule has 0 fully saturated rings. The van der Waals surface area contributed by atoms with Gasteiger partial charge in [0.05, 0.1) is 25.7 Å². The van der Waals surface area contributed by atoms with Gasteiger partial charge in [-0.05, 0) is 6.07 Å². The van der Waals surface area contributed by atoms with Crippen molar-refractivity contribution in [3.8, 4) is 0 Å². The van der Waals surface area contributed by atoms with Crippen LogP contribution in [0.5, 0.6) is 0 Å². The standard InChI is InChI=1S/C11H8Br2N4O6/c12-5-11(19)9(13)4-10(18)15(11)14-7-2-1-6(16(20)21)3-8(7)17(22)23/h1-4,14,19H,5H2. The Balaban J connectivity index is 2.42. The van der Waals surface area contributed by atoms with E-state index in [9.17, 15) is 30.1 Å². The largest absolute Gasteiger partial charge is 0.364 e. The molecule has 0 aromatic heterocycles. The van der Waals surface area contributed by atoms with Crippen LogP contribution >= 0.6 is 31.9 Å². The zero-order chi connectivity index (χ0) is 17.4. The van der Waals surface area contributed by atoms with E-state index in [-0.39, 0.29) is 15.5 Å². The van der Waals surface area contributed by atoms with Gasteiger partial charge in [-0.3, -0.25) is 30.4 Å². The number of rotatable bonds is 5. The molecule has 0 spiro atoms. The van der Waals surface area contributed by atoms with E-state index in [2.05, 4.69) is 37.3 Å². The number of carbonyl (C=O) groups excluding carboxylic acids is 1. The molecule has 1 aliphatic rings. The van der Waals surface area contributed by atoms with Gasteiger partial charge in [0.1, 0.15) is 5.69 Å². The number of anilines is 1. The summed E-state index contributed by atoms with van der Waals surface area (Å²) < 4.78 is 0.156. The van der Waals surface area contributed by atoms with Crippen molar-refractivity contribution < 1.29 is 19.7 Å². The maximum atomic E-state index is 11.9. The molecule has 0 aliphatic carbocycles. The van der Waals surface area contributed by atoms with Crippen LogP contribution in [-0.2, 0) is 4.79 Å². The summed E-state index contributed by atoms with van der Waals surface area (Å²) in [5, 5.41) is 32.9. The molecule has 2 rings (SSSR count). The van der Waals surface area contributed by atoms with Crippen molar-refractivity contribution in [3.05, 3.63) is 49.0 Å². The van der Waals surface area contributed by atoms with Gasteiger partial charge in [-0.25, -0.2) is 5.01 Å². The minimum Gasteiger partial charge on any atom is -0.364 e. The molecular formula is C11H8Br2N4O6. The first kappa shape index (κ1) is 17.3. The maximum Gasteiger partial charge on any atom is 0.300 e. The molecule has 10 nitrogen and oxygen atoms in total. The van der Waals surface area contributed by atoms with Crippen LogP contribution < -0.4 is 5.43 Å². The summed E-state index contributed by atoms with van der Waals surface area (Å²) in [5.74, 6) is -0.647. The Bertz CT molecular complexity index is 739. The average Bonchev–Trinajstić information content (AvgIpc) is 2.71. The van der Waals surface area contributed by atoms with Crippen molar-refractivity contribution in [2.45, 2.75) is 5.72 Å². The van der Waals surface area contributed by atoms with Gasteiger partial charge in [0.15, 0.2) is 0 Å². The molecule has 1 aromatic carbocycles. The molecule has 0 saturated carbocycles. The third kappa shape index (κ3) is 3.04. The van der Waals surface area contributed by atoms with Gasteiger partial charge in [0.2, 0.25) is 5.72 Å². The number of aliphatic hydroxyl groups is 1. The summed E-state index contributed by atoms with van der Waals surface area (Å²) in [5.41, 5.74) is -0.598. The highest BCUT2D eigenvalue weighted by molar-refractivity contribution is 9.12. The van der Waals surface area contributed by atoms with Gasteiger partial charge < -0.3 is 5.11 Å². The topological polar surface area (TPSA) is 139 Å². The van der Waals surface area contributed by atoms with Gasteiger partial charge in [-0.15, -0.1) is 0 Å². The summed E-state index contributed by atoms with van der Waals surface area (Å²) in [7, 11) is 0. The fraction of sp³-hybridized carbons (Fsp3) is 0.182. The van der Waals surface area contributed by atoms with Crippen molar-refractivity contribution in [3.63, 3.8) is 0 Å². The van der Waals surface area contributed by atoms with E-state index in [0.717, 1.165) is 29.3 Å². The second kappa shape index (κ2) is 6.22. The van der Waals surface area contributed by atoms with Crippen molar-refractivity contribution in [1.82, 2.24) is 5.01 Å². The van der Waals surface area contributed by atoms with Crippen LogP contribution in [0.4, 0.5) is 17.1 Å². The number of amides is 1. The summed E-state index contributed by atoms with van der Waals surface area (Å²) in [6, 6.07) is 2.90. The number of hydrazine groups is 1. The molecule has 1 amide bonds. The summed E-state index contributed by atoms with van der Waals surface area (Å²) >= 11 is 6.10. The lowest BCUT2D eigenvalue weighted by Crippen LogP contribution is -2.52. The minimum absolute atomic E-state index is 0.0728. The number of alkyl halides is 1. The Morgan fingerprint density at radius 2 is 1.96 bits per heavy atom. The van der Waals surface area contributed by atoms with Crippen LogP contribution in [0.25, 0.3) is 0 Å². The molecule has 1 heterocycles. The lowest BCUT2D eigenvalue weighted by Gasteiger charge is -2.33. The van der Waals surface area contributed by atoms with E-state index in [1.807, 2.05) is 0 Å². The Morgan fingerprint density at radius 1 is 1.30 bits per heavy atom. The molecule has 23 heavy (non-hydrogen) atoms. The molecule has 1 unspecified atom stereocenters. The van der Waals surface area contributed by atoms with Crippen molar-refractivity contribution in [2.75, 3.05) is 10.8 Å². The lowest BCUT2D eigenvalue weighted by atomic mass is 10.2. The predicted octanol–water partition coefficient (Wildman–Crippen LogP) is 2.03. The van der Waals surface area contributed by atoms with E-state index < -0.39 is 32.9 Å². The number of nitro benzene ring substituents is 2. The third-order valence-corrected chi connectivity index (χ3v) is 4.68. The number of nitro groups is 2. The molecule has 1 aliphatic heterocycles. The smallest absolute Gasteiger partial charge is 0.300 e. The number of benzene rings is 1. The van der Waals surface area contributed by atoms with E-state index in [0.29, 0.717) is 0 Å². The second-order valence-electron chi connectivity index (χ2n) is 4.44. The predicted molar refractivity (Wildman–Crippen MR) is 86.0 cm³/mol. The number of non-ortho nitro benzene ring substituents is 1. The van der Waals surface area contributed by atoms with E-state index in [4.69, 9.17) is 0 Å². The molecule has 0 radical (unpaired) electrons. The summed E-state index contributed by atoms with van der Waals surface area (Å²) in [4.78, 5) is 32.1. The third-order valence-electron chi connectivity index (χ3n) is 3.03. The van der Waals surface area contributed by atoms with Gasteiger partial charge in [-0.2, -0.15) is 0 Å². The van der Waals surface area contributed by atoms with E-state index in [1.165, 1.54) is 0 Å². The molecule has 122 valence electrons. The van der Waals surface area contributed by atoms with E-state index in [1.54, 1.807) is 0 Å². The zero-order valence-electron chi connectivity index (χ0n) is 11.1. The van der Waals surface area contributed by atoms with Crippen LogP contribution in [0, 0.1) is 20.2 Å². The Hall–Kier alpha value is -2.05. The average molecular weight is 452 g/mol. The van der Waals surface area contributed by atoms with Gasteiger partial charge >= 0.3 is 5.69 Å². The first-order valence-electron chi connectivity index (χ1n) is 5.90. The fourth-order valence-electron chi connectivity index (χ4n) is 1.85. The second-order valence-corrected chi connectivity index (χ2v) is 5.86. The molecule has 2 N–H and O–H groups in total. The molecule has 0 saturated heterocycles. The monoisotopic (exact) mass is 450 g/mol. The highest BCUT2D eigenvalue weighted by atomic mass is 79.9. The van der Waals surface area contributed by atoms with Gasteiger partial charge in [0.25, 0.3) is 11.6 Å². The van der Waals surface area contributed by atoms with Crippen LogP contribution in [0.15, 0.2) is 28.8 Å². The van der Waals surface area contributed by atoms with Crippen molar-refractivity contribution in [2.24, 2.45) is 0 Å². The van der Waals surface area contributed by atoms with Crippen LogP contribution in [0.3, 0.4) is 0 Å². The van der Waals surface area contributed by atoms with E-state index >= 15 is 0 Å². The van der Waals surface area contributed by atoms with Gasteiger partial charge in [-0.1, -0.05) is 31.9 Å². The molecule has 1 atom stereocenters. The van der Waals surface area contributed by atoms with Crippen molar-refractivity contribution in [1.29, 1.82) is 0 Å². The number of nitrogens with one attached hydrogen (secondary N) is 1. The summed E-state index contributed by atoms with van der Waals surface area (Å²) in [6.45, 7) is 0. The van der Waals surface area contributed by atoms with Crippen LogP contribution in [-0.4, -0.2) is 36.9 Å². The first-order chi connectivity index (χ1) is 10.7. The highest BCUT2D eigenvalue weighted by Gasteiger charge is 2.45. The number of hydrogen-bond donors (Lipinski definition) is 2. The number of halogens is 2. The minimum atomic E-state index is -1.78. The van der Waals surface area contributed by atoms with Gasteiger partial charge in [0, 0.05) is 12.1 Å². The SMILES string of the molecule is O=C1C=C(Br)C(O)(CBr)N1Nc1ccc([N+](=O)[O-])cc1[N+](=O)[O-]. The van der Waals surface area contributed by atoms with Crippen molar-refractivity contribution >= 4 is 54.8 Å². The fourth-order valence-corrected chi connectivity index (χ4v) is 3.29. The highest BCUT2D eigenvalue weighted by Crippen LogP contribution is 2.37. The maximum absolute atomic E-state index is 11.9. The molecular weight excluding hydrogens is 444 g/mol.